The van der Waals surface area contributed by atoms with Crippen molar-refractivity contribution >= 4 is 23.3 Å². The number of aromatic nitrogens is 1. The lowest BCUT2D eigenvalue weighted by molar-refractivity contribution is 0.0523. The number of esters is 1. The summed E-state index contributed by atoms with van der Waals surface area (Å²) in [6.45, 7) is 8.91. The average Bonchev–Trinajstić information content (AvgIpc) is 3.59. The molecular weight excluding hydrogens is 451 g/mol. The zero-order valence-electron chi connectivity index (χ0n) is 20.5. The van der Waals surface area contributed by atoms with Crippen molar-refractivity contribution < 1.29 is 23.5 Å². The van der Waals surface area contributed by atoms with Crippen molar-refractivity contribution in [3.63, 3.8) is 0 Å². The third-order valence-corrected chi connectivity index (χ3v) is 5.81. The number of pyridine rings is 2. The molecule has 2 aromatic heterocycles. The van der Waals surface area contributed by atoms with E-state index in [4.69, 9.17) is 9.47 Å². The summed E-state index contributed by atoms with van der Waals surface area (Å²) in [4.78, 5) is 37.5. The van der Waals surface area contributed by atoms with Crippen LogP contribution in [0.3, 0.4) is 0 Å². The summed E-state index contributed by atoms with van der Waals surface area (Å²) < 4.78 is 26.9. The van der Waals surface area contributed by atoms with Crippen molar-refractivity contribution in [3.05, 3.63) is 69.4 Å². The van der Waals surface area contributed by atoms with E-state index in [0.717, 1.165) is 24.6 Å². The zero-order valence-corrected chi connectivity index (χ0v) is 20.5. The fraction of sp³-hybridized carbons (Fsp3) is 0.370. The van der Waals surface area contributed by atoms with Crippen LogP contribution in [0.4, 0.5) is 14.9 Å². The summed E-state index contributed by atoms with van der Waals surface area (Å²) in [5, 5.41) is 2.66. The first kappa shape index (κ1) is 24.4. The molecule has 1 aliphatic rings. The molecule has 2 heterocycles. The summed E-state index contributed by atoms with van der Waals surface area (Å²) >= 11 is 0. The number of hydrogen-bond acceptors (Lipinski definition) is 5. The molecule has 0 unspecified atom stereocenters. The Morgan fingerprint density at radius 3 is 2.40 bits per heavy atom. The zero-order chi connectivity index (χ0) is 25.5. The van der Waals surface area contributed by atoms with Crippen LogP contribution >= 0.6 is 0 Å². The lowest BCUT2D eigenvalue weighted by Crippen LogP contribution is -2.27. The van der Waals surface area contributed by atoms with Gasteiger partial charge in [0, 0.05) is 17.4 Å². The quantitative estimate of drug-likeness (QED) is 0.466. The lowest BCUT2D eigenvalue weighted by atomic mass is 9.96. The number of ether oxygens (including phenoxy) is 2. The molecule has 0 atom stereocenters. The standard InChI is InChI=1S/C27H29FN2O5/c1-6-34-25(32)20-13-19(16-7-8-16)23-15(2)22(21(28)14-30(23)24(20)31)17-9-11-18(12-10-17)29-26(33)35-27(3,4)5/h9-14,16H,6-8H2,1-5H3,(H,29,33). The van der Waals surface area contributed by atoms with Crippen LogP contribution in [0.15, 0.2) is 41.3 Å². The minimum atomic E-state index is -0.705. The van der Waals surface area contributed by atoms with Gasteiger partial charge in [0.1, 0.15) is 17.0 Å². The Morgan fingerprint density at radius 1 is 1.17 bits per heavy atom. The van der Waals surface area contributed by atoms with Crippen molar-refractivity contribution in [2.75, 3.05) is 11.9 Å². The summed E-state index contributed by atoms with van der Waals surface area (Å²) in [5.41, 5.74) is 2.21. The highest BCUT2D eigenvalue weighted by Crippen LogP contribution is 2.44. The van der Waals surface area contributed by atoms with Crippen LogP contribution < -0.4 is 10.9 Å². The molecule has 4 rings (SSSR count). The predicted octanol–water partition coefficient (Wildman–Crippen LogP) is 5.82. The monoisotopic (exact) mass is 480 g/mol. The van der Waals surface area contributed by atoms with Gasteiger partial charge < -0.3 is 9.47 Å². The summed E-state index contributed by atoms with van der Waals surface area (Å²) in [6, 6.07) is 8.35. The molecule has 7 nitrogen and oxygen atoms in total. The first-order valence-electron chi connectivity index (χ1n) is 11.7. The van der Waals surface area contributed by atoms with Crippen LogP contribution in [0, 0.1) is 12.7 Å². The molecule has 0 bridgehead atoms. The van der Waals surface area contributed by atoms with E-state index in [1.807, 2.05) is 0 Å². The number of fused-ring (bicyclic) bond motifs is 1. The second-order valence-corrected chi connectivity index (χ2v) is 9.71. The molecule has 3 aromatic rings. The number of hydrogen-bond donors (Lipinski definition) is 1. The Labute approximate surface area is 202 Å². The third kappa shape index (κ3) is 5.06. The highest BCUT2D eigenvalue weighted by atomic mass is 19.1. The highest BCUT2D eigenvalue weighted by molar-refractivity contribution is 5.91. The molecule has 1 saturated carbocycles. The maximum Gasteiger partial charge on any atom is 0.412 e. The molecule has 0 radical (unpaired) electrons. The minimum absolute atomic E-state index is 0.0876. The Balaban J connectivity index is 1.78. The summed E-state index contributed by atoms with van der Waals surface area (Å²) in [5.74, 6) is -1.09. The molecule has 184 valence electrons. The van der Waals surface area contributed by atoms with E-state index in [1.165, 1.54) is 4.40 Å². The Morgan fingerprint density at radius 2 is 1.83 bits per heavy atom. The minimum Gasteiger partial charge on any atom is -0.462 e. The normalized spacial score (nSPS) is 13.5. The number of carbonyl (C=O) groups is 2. The molecule has 0 spiro atoms. The molecule has 1 aliphatic carbocycles. The van der Waals surface area contributed by atoms with E-state index in [2.05, 4.69) is 5.32 Å². The van der Waals surface area contributed by atoms with Gasteiger partial charge in [-0.1, -0.05) is 12.1 Å². The molecular formula is C27H29FN2O5. The molecule has 1 fully saturated rings. The number of amides is 1. The van der Waals surface area contributed by atoms with Gasteiger partial charge in [-0.05, 0) is 88.3 Å². The SMILES string of the molecule is CCOC(=O)c1cc(C2CC2)c2c(C)c(-c3ccc(NC(=O)OC(C)(C)C)cc3)c(F)cn2c1=O. The fourth-order valence-corrected chi connectivity index (χ4v) is 4.21. The molecule has 35 heavy (non-hydrogen) atoms. The van der Waals surface area contributed by atoms with E-state index in [-0.39, 0.29) is 18.1 Å². The van der Waals surface area contributed by atoms with Crippen molar-refractivity contribution in [2.24, 2.45) is 0 Å². The van der Waals surface area contributed by atoms with Gasteiger partial charge in [0.05, 0.1) is 12.1 Å². The van der Waals surface area contributed by atoms with Crippen LogP contribution in [0.2, 0.25) is 0 Å². The number of aryl methyl sites for hydroxylation is 1. The van der Waals surface area contributed by atoms with Gasteiger partial charge in [0.25, 0.3) is 5.56 Å². The van der Waals surface area contributed by atoms with Gasteiger partial charge in [-0.15, -0.1) is 0 Å². The van der Waals surface area contributed by atoms with Crippen LogP contribution in [-0.2, 0) is 9.47 Å². The second-order valence-electron chi connectivity index (χ2n) is 9.71. The van der Waals surface area contributed by atoms with Crippen molar-refractivity contribution in [1.82, 2.24) is 4.40 Å². The largest absolute Gasteiger partial charge is 0.462 e. The Kier molecular flexibility index (Phi) is 6.40. The lowest BCUT2D eigenvalue weighted by Gasteiger charge is -2.20. The molecule has 0 aliphatic heterocycles. The number of nitrogens with zero attached hydrogens (tertiary/aromatic N) is 1. The van der Waals surface area contributed by atoms with Gasteiger partial charge in [-0.25, -0.2) is 14.0 Å². The molecule has 1 N–H and O–H groups in total. The van der Waals surface area contributed by atoms with Gasteiger partial charge in [0.15, 0.2) is 0 Å². The van der Waals surface area contributed by atoms with Crippen LogP contribution in [0.25, 0.3) is 16.6 Å². The van der Waals surface area contributed by atoms with Crippen LogP contribution in [0.1, 0.15) is 67.9 Å². The smallest absolute Gasteiger partial charge is 0.412 e. The van der Waals surface area contributed by atoms with Crippen LogP contribution in [-0.4, -0.2) is 28.7 Å². The first-order valence-corrected chi connectivity index (χ1v) is 11.7. The first-order chi connectivity index (χ1) is 16.5. The summed E-state index contributed by atoms with van der Waals surface area (Å²) in [7, 11) is 0. The molecule has 1 amide bonds. The third-order valence-electron chi connectivity index (χ3n) is 5.81. The van der Waals surface area contributed by atoms with E-state index in [1.54, 1.807) is 65.0 Å². The Bertz CT molecular complexity index is 1370. The number of nitrogens with one attached hydrogen (secondary N) is 1. The predicted molar refractivity (Wildman–Crippen MR) is 132 cm³/mol. The number of anilines is 1. The topological polar surface area (TPSA) is 86.1 Å². The van der Waals surface area contributed by atoms with Crippen molar-refractivity contribution in [1.29, 1.82) is 0 Å². The van der Waals surface area contributed by atoms with Gasteiger partial charge in [0.2, 0.25) is 0 Å². The van der Waals surface area contributed by atoms with Gasteiger partial charge in [-0.2, -0.15) is 0 Å². The molecule has 8 heteroatoms. The number of carbonyl (C=O) groups excluding carboxylic acids is 2. The van der Waals surface area contributed by atoms with Crippen LogP contribution in [0.5, 0.6) is 0 Å². The number of rotatable bonds is 5. The maximum atomic E-state index is 15.4. The number of benzene rings is 1. The fourth-order valence-electron chi connectivity index (χ4n) is 4.21. The Hall–Kier alpha value is -3.68. The van der Waals surface area contributed by atoms with Gasteiger partial charge in [-0.3, -0.25) is 14.5 Å². The van der Waals surface area contributed by atoms with E-state index in [9.17, 15) is 14.4 Å². The molecule has 0 saturated heterocycles. The average molecular weight is 481 g/mol. The molecule has 1 aromatic carbocycles. The van der Waals surface area contributed by atoms with Gasteiger partial charge >= 0.3 is 12.1 Å². The van der Waals surface area contributed by atoms with Crippen molar-refractivity contribution in [2.45, 2.75) is 59.0 Å². The highest BCUT2D eigenvalue weighted by Gasteiger charge is 2.30. The second kappa shape index (κ2) is 9.17. The summed E-state index contributed by atoms with van der Waals surface area (Å²) in [6.07, 6.45) is 2.44. The van der Waals surface area contributed by atoms with E-state index < -0.39 is 29.0 Å². The van der Waals surface area contributed by atoms with Crippen molar-refractivity contribution in [3.8, 4) is 11.1 Å². The van der Waals surface area contributed by atoms with E-state index >= 15 is 4.39 Å². The number of halogens is 1. The van der Waals surface area contributed by atoms with E-state index in [0.29, 0.717) is 27.9 Å². The maximum absolute atomic E-state index is 15.4.